The molecule has 0 atom stereocenters. The second kappa shape index (κ2) is 9.27. The molecule has 2 aliphatic rings. The second-order valence-corrected chi connectivity index (χ2v) is 7.98. The molecule has 0 saturated carbocycles. The SMILES string of the molecule is O=C(C[NH+]1CCN(c2ccccc2F)CC1)Nc1ccccc1N1CCCCC1. The van der Waals surface area contributed by atoms with Crippen LogP contribution in [0.1, 0.15) is 19.3 Å². The van der Waals surface area contributed by atoms with E-state index in [9.17, 15) is 9.18 Å². The number of halogens is 1. The Hall–Kier alpha value is -2.60. The average molecular weight is 398 g/mol. The Bertz CT molecular complexity index is 829. The summed E-state index contributed by atoms with van der Waals surface area (Å²) in [6, 6.07) is 15.0. The van der Waals surface area contributed by atoms with Gasteiger partial charge in [0.2, 0.25) is 0 Å². The van der Waals surface area contributed by atoms with E-state index in [1.165, 1.54) is 30.2 Å². The molecule has 2 N–H and O–H groups in total. The molecule has 0 spiro atoms. The van der Waals surface area contributed by atoms with E-state index in [0.29, 0.717) is 12.2 Å². The van der Waals surface area contributed by atoms with Crippen LogP contribution in [0.2, 0.25) is 0 Å². The molecule has 2 saturated heterocycles. The lowest BCUT2D eigenvalue weighted by Crippen LogP contribution is -3.15. The van der Waals surface area contributed by atoms with Crippen LogP contribution < -0.4 is 20.0 Å². The van der Waals surface area contributed by atoms with Gasteiger partial charge < -0.3 is 20.0 Å². The van der Waals surface area contributed by atoms with Gasteiger partial charge >= 0.3 is 0 Å². The monoisotopic (exact) mass is 397 g/mol. The molecule has 5 nitrogen and oxygen atoms in total. The molecule has 0 aromatic heterocycles. The number of hydrogen-bond acceptors (Lipinski definition) is 3. The van der Waals surface area contributed by atoms with E-state index in [1.54, 1.807) is 6.07 Å². The number of rotatable bonds is 5. The zero-order chi connectivity index (χ0) is 20.1. The normalized spacial score (nSPS) is 18.0. The minimum absolute atomic E-state index is 0.0452. The smallest absolute Gasteiger partial charge is 0.279 e. The van der Waals surface area contributed by atoms with Crippen molar-refractivity contribution in [2.45, 2.75) is 19.3 Å². The van der Waals surface area contributed by atoms with E-state index in [1.807, 2.05) is 30.3 Å². The van der Waals surface area contributed by atoms with Gasteiger partial charge in [0.1, 0.15) is 5.82 Å². The molecule has 0 bridgehead atoms. The van der Waals surface area contributed by atoms with E-state index in [0.717, 1.165) is 50.6 Å². The standard InChI is InChI=1S/C23H29FN4O/c24-19-8-2-4-10-21(19)28-16-14-26(15-17-28)18-23(29)25-20-9-3-5-11-22(20)27-12-6-1-7-13-27/h2-5,8-11H,1,6-7,12-18H2,(H,25,29)/p+1. The number of benzene rings is 2. The number of nitrogens with one attached hydrogen (secondary N) is 2. The van der Waals surface area contributed by atoms with E-state index >= 15 is 0 Å². The van der Waals surface area contributed by atoms with E-state index in [4.69, 9.17) is 0 Å². The summed E-state index contributed by atoms with van der Waals surface area (Å²) in [5.41, 5.74) is 2.69. The quantitative estimate of drug-likeness (QED) is 0.812. The van der Waals surface area contributed by atoms with Gasteiger partial charge in [0.05, 0.1) is 43.2 Å². The van der Waals surface area contributed by atoms with Crippen LogP contribution >= 0.6 is 0 Å². The number of anilines is 3. The summed E-state index contributed by atoms with van der Waals surface area (Å²) >= 11 is 0. The molecule has 2 aliphatic heterocycles. The highest BCUT2D eigenvalue weighted by molar-refractivity contribution is 5.95. The lowest BCUT2D eigenvalue weighted by molar-refractivity contribution is -0.892. The molecule has 0 aliphatic carbocycles. The minimum atomic E-state index is -0.178. The number of carbonyl (C=O) groups is 1. The van der Waals surface area contributed by atoms with Gasteiger partial charge in [-0.15, -0.1) is 0 Å². The molecular formula is C23H30FN4O+. The third-order valence-corrected chi connectivity index (χ3v) is 5.95. The summed E-state index contributed by atoms with van der Waals surface area (Å²) in [6.07, 6.45) is 3.70. The number of piperidine rings is 1. The fourth-order valence-corrected chi connectivity index (χ4v) is 4.36. The minimum Gasteiger partial charge on any atom is -0.370 e. The Kier molecular flexibility index (Phi) is 6.30. The van der Waals surface area contributed by atoms with Crippen molar-refractivity contribution in [3.05, 3.63) is 54.3 Å². The third-order valence-electron chi connectivity index (χ3n) is 5.95. The fourth-order valence-electron chi connectivity index (χ4n) is 4.36. The van der Waals surface area contributed by atoms with Gasteiger partial charge in [-0.05, 0) is 43.5 Å². The molecule has 2 aromatic carbocycles. The Labute approximate surface area is 172 Å². The van der Waals surface area contributed by atoms with Gasteiger partial charge in [0.25, 0.3) is 5.91 Å². The molecular weight excluding hydrogens is 367 g/mol. The summed E-state index contributed by atoms with van der Waals surface area (Å²) in [5.74, 6) is -0.133. The van der Waals surface area contributed by atoms with Crippen LogP contribution in [0.5, 0.6) is 0 Å². The van der Waals surface area contributed by atoms with Crippen molar-refractivity contribution in [1.29, 1.82) is 0 Å². The van der Waals surface area contributed by atoms with Gasteiger partial charge in [-0.3, -0.25) is 4.79 Å². The molecule has 29 heavy (non-hydrogen) atoms. The Morgan fingerprint density at radius 1 is 0.862 bits per heavy atom. The van der Waals surface area contributed by atoms with Crippen molar-refractivity contribution in [1.82, 2.24) is 0 Å². The number of para-hydroxylation sites is 3. The lowest BCUT2D eigenvalue weighted by Gasteiger charge is -2.33. The van der Waals surface area contributed by atoms with Crippen LogP contribution in [0.4, 0.5) is 21.5 Å². The maximum atomic E-state index is 14.0. The summed E-state index contributed by atoms with van der Waals surface area (Å²) < 4.78 is 14.0. The predicted molar refractivity (Wildman–Crippen MR) is 115 cm³/mol. The number of carbonyl (C=O) groups excluding carboxylic acids is 1. The van der Waals surface area contributed by atoms with E-state index in [2.05, 4.69) is 21.2 Å². The number of hydrogen-bond donors (Lipinski definition) is 2. The zero-order valence-corrected chi connectivity index (χ0v) is 16.9. The molecule has 2 aromatic rings. The van der Waals surface area contributed by atoms with Crippen LogP contribution in [0.3, 0.4) is 0 Å². The number of nitrogens with zero attached hydrogens (tertiary/aromatic N) is 2. The molecule has 0 unspecified atom stereocenters. The Morgan fingerprint density at radius 2 is 1.48 bits per heavy atom. The molecule has 154 valence electrons. The van der Waals surface area contributed by atoms with Crippen molar-refractivity contribution in [2.24, 2.45) is 0 Å². The average Bonchev–Trinajstić information content (AvgIpc) is 2.76. The summed E-state index contributed by atoms with van der Waals surface area (Å²) in [5, 5.41) is 3.13. The number of piperazine rings is 1. The number of quaternary nitrogens is 1. The van der Waals surface area contributed by atoms with Crippen molar-refractivity contribution < 1.29 is 14.1 Å². The van der Waals surface area contributed by atoms with Crippen molar-refractivity contribution >= 4 is 23.0 Å². The highest BCUT2D eigenvalue weighted by Gasteiger charge is 2.24. The summed E-state index contributed by atoms with van der Waals surface area (Å²) in [6.45, 7) is 5.72. The maximum absolute atomic E-state index is 14.0. The van der Waals surface area contributed by atoms with Crippen molar-refractivity contribution in [2.75, 3.05) is 60.9 Å². The topological polar surface area (TPSA) is 40.0 Å². The molecule has 2 heterocycles. The molecule has 1 amide bonds. The van der Waals surface area contributed by atoms with Gasteiger partial charge in [0.15, 0.2) is 6.54 Å². The van der Waals surface area contributed by atoms with Crippen molar-refractivity contribution in [3.8, 4) is 0 Å². The largest absolute Gasteiger partial charge is 0.370 e. The van der Waals surface area contributed by atoms with Gasteiger partial charge in [-0.2, -0.15) is 0 Å². The highest BCUT2D eigenvalue weighted by Crippen LogP contribution is 2.28. The van der Waals surface area contributed by atoms with Gasteiger partial charge in [-0.25, -0.2) is 4.39 Å². The van der Waals surface area contributed by atoms with E-state index in [-0.39, 0.29) is 11.7 Å². The third kappa shape index (κ3) is 4.88. The van der Waals surface area contributed by atoms with Gasteiger partial charge in [-0.1, -0.05) is 24.3 Å². The first-order valence-corrected chi connectivity index (χ1v) is 10.7. The van der Waals surface area contributed by atoms with Crippen LogP contribution in [-0.4, -0.2) is 51.7 Å². The maximum Gasteiger partial charge on any atom is 0.279 e. The van der Waals surface area contributed by atoms with Gasteiger partial charge in [0, 0.05) is 13.1 Å². The summed E-state index contributed by atoms with van der Waals surface area (Å²) in [7, 11) is 0. The first-order valence-electron chi connectivity index (χ1n) is 10.7. The molecule has 4 rings (SSSR count). The number of amides is 1. The predicted octanol–water partition coefficient (Wildman–Crippen LogP) is 2.16. The zero-order valence-electron chi connectivity index (χ0n) is 16.9. The molecule has 0 radical (unpaired) electrons. The first kappa shape index (κ1) is 19.7. The Balaban J connectivity index is 1.31. The van der Waals surface area contributed by atoms with Crippen LogP contribution in [0.15, 0.2) is 48.5 Å². The van der Waals surface area contributed by atoms with Crippen LogP contribution in [-0.2, 0) is 4.79 Å². The summed E-state index contributed by atoms with van der Waals surface area (Å²) in [4.78, 5) is 18.4. The lowest BCUT2D eigenvalue weighted by atomic mass is 10.1. The Morgan fingerprint density at radius 3 is 2.21 bits per heavy atom. The highest BCUT2D eigenvalue weighted by atomic mass is 19.1. The first-order chi connectivity index (χ1) is 14.2. The van der Waals surface area contributed by atoms with Crippen LogP contribution in [0.25, 0.3) is 0 Å². The van der Waals surface area contributed by atoms with Crippen molar-refractivity contribution in [3.63, 3.8) is 0 Å². The fraction of sp³-hybridized carbons (Fsp3) is 0.435. The molecule has 6 heteroatoms. The molecule has 2 fully saturated rings. The second-order valence-electron chi connectivity index (χ2n) is 7.98. The van der Waals surface area contributed by atoms with E-state index < -0.39 is 0 Å². The van der Waals surface area contributed by atoms with Crippen LogP contribution in [0, 0.1) is 5.82 Å².